The summed E-state index contributed by atoms with van der Waals surface area (Å²) < 4.78 is 73.3. The third-order valence-electron chi connectivity index (χ3n) is 11.7. The highest BCUT2D eigenvalue weighted by atomic mass is 32.2. The Labute approximate surface area is 306 Å². The monoisotopic (exact) mass is 769 g/mol. The number of halogens is 4. The van der Waals surface area contributed by atoms with E-state index in [1.165, 1.54) is 22.1 Å². The number of benzene rings is 2. The molecule has 0 radical (unpaired) electrons. The molecule has 0 saturated carbocycles. The Kier molecular flexibility index (Phi) is 8.26. The molecule has 3 nitrogen and oxygen atoms in total. The predicted molar refractivity (Wildman–Crippen MR) is 204 cm³/mol. The summed E-state index contributed by atoms with van der Waals surface area (Å²) in [6.07, 6.45) is 8.52. The van der Waals surface area contributed by atoms with Gasteiger partial charge < -0.3 is 0 Å². The Morgan fingerprint density at radius 2 is 1.40 bits per heavy atom. The van der Waals surface area contributed by atoms with Crippen LogP contribution in [-0.2, 0) is 6.54 Å². The lowest BCUT2D eigenvalue weighted by molar-refractivity contribution is -0.610. The number of aryl methyl sites for hydroxylation is 1. The second kappa shape index (κ2) is 12.4. The van der Waals surface area contributed by atoms with Gasteiger partial charge in [0.15, 0.2) is 41.8 Å². The van der Waals surface area contributed by atoms with Crippen molar-refractivity contribution in [1.82, 2.24) is 8.35 Å². The van der Waals surface area contributed by atoms with Crippen LogP contribution in [0.1, 0.15) is 63.5 Å². The van der Waals surface area contributed by atoms with E-state index in [1.807, 2.05) is 0 Å². The van der Waals surface area contributed by atoms with Gasteiger partial charge in [-0.3, -0.25) is 0 Å². The van der Waals surface area contributed by atoms with Crippen molar-refractivity contribution in [3.8, 4) is 30.6 Å². The minimum Gasteiger partial charge on any atom is -0.203 e. The number of hydrogen-bond acceptors (Lipinski definition) is 5. The topological polar surface area (TPSA) is 19.8 Å². The molecule has 0 saturated heterocycles. The maximum atomic E-state index is 16.5. The average Bonchev–Trinajstić information content (AvgIpc) is 3.88. The number of hydrogen-bond donors (Lipinski definition) is 0. The molecule has 260 valence electrons. The van der Waals surface area contributed by atoms with Crippen LogP contribution < -0.4 is 28.9 Å². The molecule has 0 amide bonds. The zero-order chi connectivity index (χ0) is 34.6. The molecule has 4 aliphatic rings. The van der Waals surface area contributed by atoms with Gasteiger partial charge in [-0.05, 0) is 67.2 Å². The van der Waals surface area contributed by atoms with Crippen molar-refractivity contribution in [3.05, 3.63) is 57.1 Å². The van der Waals surface area contributed by atoms with E-state index in [-0.39, 0.29) is 5.56 Å². The van der Waals surface area contributed by atoms with Crippen LogP contribution in [0.4, 0.5) is 17.6 Å². The third-order valence-corrected chi connectivity index (χ3v) is 21.7. The van der Waals surface area contributed by atoms with Crippen LogP contribution >= 0.6 is 46.3 Å². The predicted octanol–water partition coefficient (Wildman–Crippen LogP) is 8.33. The lowest BCUT2D eigenvalue weighted by atomic mass is 10.0. The standard InChI is InChI=1S/C38H39F4N3S4Si/c1-5-7-9-21-15-44-35-23(11-12-46-44)19(3)30(39)32(41)28(35)24-13-26-37(47-24)38-27-14-25(48-38)29-33(42)31(40)20(4)34-36(29)45(49-43-34)16-22(10-8-6-2)18-50(26,27)17-21/h11,13-14,21-22H,5-10,12,15-18H2,1-4H3/q+2. The molecule has 1 spiro atoms. The Hall–Kier alpha value is -2.38. The van der Waals surface area contributed by atoms with Gasteiger partial charge in [0.1, 0.15) is 20.2 Å². The smallest absolute Gasteiger partial charge is 0.203 e. The minimum absolute atomic E-state index is 0.258. The van der Waals surface area contributed by atoms with E-state index in [0.717, 1.165) is 93.0 Å². The van der Waals surface area contributed by atoms with E-state index in [9.17, 15) is 0 Å². The molecular weight excluding hydrogens is 731 g/mol. The largest absolute Gasteiger partial charge is 0.277 e. The maximum Gasteiger partial charge on any atom is 0.277 e. The molecular formula is C38H39F4N3S4Si+2. The molecule has 3 aromatic heterocycles. The van der Waals surface area contributed by atoms with Crippen LogP contribution in [-0.4, -0.2) is 24.7 Å². The highest BCUT2D eigenvalue weighted by Gasteiger charge is 2.52. The average molecular weight is 770 g/mol. The molecule has 7 heterocycles. The summed E-state index contributed by atoms with van der Waals surface area (Å²) in [7, 11) is -2.58. The van der Waals surface area contributed by atoms with E-state index in [2.05, 4.69) is 40.0 Å². The number of unbranched alkanes of at least 4 members (excludes halogenated alkanes) is 2. The van der Waals surface area contributed by atoms with Crippen LogP contribution in [0, 0.1) is 49.0 Å². The zero-order valence-electron chi connectivity index (χ0n) is 28.7. The SMILES string of the molecule is CCCCC1C[N+]2=c3c(c(F)c(F)c(C)c3=CCS2)-c2cc3c(s2)-c2sc4cc2[Si]3(C1)CC(CCCC)C[n+]1snc2c(C)c(F)c(F)c-4c21. The molecule has 0 aliphatic carbocycles. The summed E-state index contributed by atoms with van der Waals surface area (Å²) in [4.78, 5) is 3.79. The van der Waals surface area contributed by atoms with Gasteiger partial charge in [-0.1, -0.05) is 45.6 Å². The minimum atomic E-state index is -2.58. The summed E-state index contributed by atoms with van der Waals surface area (Å²) in [6, 6.07) is 6.55. The van der Waals surface area contributed by atoms with Crippen molar-refractivity contribution in [1.29, 1.82) is 0 Å². The van der Waals surface area contributed by atoms with Gasteiger partial charge in [-0.15, -0.1) is 22.7 Å². The first-order valence-electron chi connectivity index (χ1n) is 17.9. The Balaban J connectivity index is 1.38. The second-order valence-corrected chi connectivity index (χ2v) is 22.7. The Bertz CT molecular complexity index is 2380. The van der Waals surface area contributed by atoms with Crippen molar-refractivity contribution in [2.24, 2.45) is 11.8 Å². The molecule has 0 fully saturated rings. The zero-order valence-corrected chi connectivity index (χ0v) is 32.9. The van der Waals surface area contributed by atoms with Crippen molar-refractivity contribution < 1.29 is 21.5 Å². The van der Waals surface area contributed by atoms with Gasteiger partial charge in [0.2, 0.25) is 16.4 Å². The molecule has 0 N–H and O–H groups in total. The molecule has 3 unspecified atom stereocenters. The normalized spacial score (nSPS) is 21.8. The molecule has 12 heteroatoms. The van der Waals surface area contributed by atoms with Crippen molar-refractivity contribution in [2.75, 3.05) is 12.3 Å². The fraction of sp³-hybridized carbons (Fsp3) is 0.447. The van der Waals surface area contributed by atoms with Gasteiger partial charge in [0.25, 0.3) is 11.7 Å². The van der Waals surface area contributed by atoms with E-state index >= 15 is 17.6 Å². The molecule has 9 rings (SSSR count). The summed E-state index contributed by atoms with van der Waals surface area (Å²) >= 11 is 6.17. The highest BCUT2D eigenvalue weighted by Crippen LogP contribution is 2.50. The number of nitrogens with zero attached hydrogens (tertiary/aromatic N) is 3. The first-order chi connectivity index (χ1) is 24.2. The molecule has 4 aliphatic heterocycles. The van der Waals surface area contributed by atoms with Gasteiger partial charge in [-0.2, -0.15) is 7.94 Å². The fourth-order valence-corrected chi connectivity index (χ4v) is 21.4. The maximum absolute atomic E-state index is 16.5. The van der Waals surface area contributed by atoms with Crippen LogP contribution in [0.15, 0.2) is 12.1 Å². The lowest BCUT2D eigenvalue weighted by Gasteiger charge is -2.35. The summed E-state index contributed by atoms with van der Waals surface area (Å²) in [5.74, 6) is -1.78. The van der Waals surface area contributed by atoms with E-state index in [4.69, 9.17) is 4.37 Å². The molecule has 50 heavy (non-hydrogen) atoms. The van der Waals surface area contributed by atoms with Crippen LogP contribution in [0.2, 0.25) is 12.1 Å². The molecule has 5 aromatic rings. The molecule has 4 bridgehead atoms. The van der Waals surface area contributed by atoms with Gasteiger partial charge in [0, 0.05) is 40.9 Å². The molecule has 3 atom stereocenters. The number of aromatic nitrogens is 2. The van der Waals surface area contributed by atoms with E-state index < -0.39 is 31.3 Å². The van der Waals surface area contributed by atoms with Gasteiger partial charge in [0.05, 0.1) is 16.5 Å². The van der Waals surface area contributed by atoms with E-state index in [0.29, 0.717) is 46.1 Å². The number of fused-ring (bicyclic) bond motifs is 5. The summed E-state index contributed by atoms with van der Waals surface area (Å²) in [5.41, 5.74) is 2.58. The third kappa shape index (κ3) is 4.73. The quantitative estimate of drug-likeness (QED) is 0.0750. The van der Waals surface area contributed by atoms with Crippen molar-refractivity contribution in [3.63, 3.8) is 0 Å². The summed E-state index contributed by atoms with van der Waals surface area (Å²) in [6.45, 7) is 9.28. The first-order valence-corrected chi connectivity index (χ1v) is 23.6. The van der Waals surface area contributed by atoms with Crippen LogP contribution in [0.25, 0.3) is 47.7 Å². The number of rotatable bonds is 6. The lowest BCUT2D eigenvalue weighted by Crippen LogP contribution is -2.58. The van der Waals surface area contributed by atoms with Crippen molar-refractivity contribution >= 4 is 81.9 Å². The highest BCUT2D eigenvalue weighted by molar-refractivity contribution is 7.98. The van der Waals surface area contributed by atoms with Crippen molar-refractivity contribution in [2.45, 2.75) is 84.9 Å². The van der Waals surface area contributed by atoms with Gasteiger partial charge in [-0.25, -0.2) is 17.6 Å². The Morgan fingerprint density at radius 3 is 2.06 bits per heavy atom. The second-order valence-electron chi connectivity index (χ2n) is 14.7. The fourth-order valence-electron chi connectivity index (χ4n) is 9.28. The summed E-state index contributed by atoms with van der Waals surface area (Å²) in [5, 5.41) is 4.31. The first kappa shape index (κ1) is 33.5. The molecule has 2 aromatic carbocycles. The number of thiophene rings is 2. The Morgan fingerprint density at radius 1 is 0.800 bits per heavy atom. The van der Waals surface area contributed by atoms with Crippen LogP contribution in [0.5, 0.6) is 0 Å². The van der Waals surface area contributed by atoms with E-state index in [1.54, 1.807) is 48.5 Å². The van der Waals surface area contributed by atoms with Gasteiger partial charge >= 0.3 is 0 Å². The van der Waals surface area contributed by atoms with Crippen LogP contribution in [0.3, 0.4) is 0 Å².